The maximum absolute atomic E-state index is 11.8. The zero-order valence-electron chi connectivity index (χ0n) is 14.4. The van der Waals surface area contributed by atoms with Gasteiger partial charge in [-0.05, 0) is 17.7 Å². The molecule has 3 aromatic rings. The largest absolute Gasteiger partial charge is 0.505 e. The fourth-order valence-corrected chi connectivity index (χ4v) is 2.58. The minimum atomic E-state index is -0.682. The number of anilines is 3. The summed E-state index contributed by atoms with van der Waals surface area (Å²) < 4.78 is 5.52. The summed E-state index contributed by atoms with van der Waals surface area (Å²) in [5.74, 6) is -0.280. The molecule has 0 atom stereocenters. The molecule has 0 aromatic heterocycles. The molecular weight excluding hydrogens is 348 g/mol. The van der Waals surface area contributed by atoms with Crippen LogP contribution >= 0.6 is 0 Å². The molecule has 0 spiro atoms. The molecule has 0 bridgehead atoms. The van der Waals surface area contributed by atoms with Gasteiger partial charge in [0.25, 0.3) is 10.9 Å². The summed E-state index contributed by atoms with van der Waals surface area (Å²) in [5, 5.41) is 15.6. The van der Waals surface area contributed by atoms with Crippen molar-refractivity contribution < 1.29 is 14.6 Å². The Kier molecular flexibility index (Phi) is 5.63. The van der Waals surface area contributed by atoms with Crippen molar-refractivity contribution in [2.24, 2.45) is 0 Å². The summed E-state index contributed by atoms with van der Waals surface area (Å²) in [6.07, 6.45) is 0.506. The van der Waals surface area contributed by atoms with E-state index in [2.05, 4.69) is 10.6 Å². The topological polar surface area (TPSA) is 105 Å². The third-order valence-corrected chi connectivity index (χ3v) is 4.02. The lowest BCUT2D eigenvalue weighted by Gasteiger charge is -2.16. The van der Waals surface area contributed by atoms with Crippen molar-refractivity contribution >= 4 is 23.3 Å². The van der Waals surface area contributed by atoms with Crippen LogP contribution in [0.25, 0.3) is 0 Å². The normalized spacial score (nSPS) is 10.7. The van der Waals surface area contributed by atoms with Gasteiger partial charge in [0.05, 0.1) is 24.5 Å². The molecule has 0 saturated heterocycles. The highest BCUT2D eigenvalue weighted by Gasteiger charge is 2.21. The van der Waals surface area contributed by atoms with Crippen LogP contribution in [0.2, 0.25) is 0 Å². The number of aromatic hydroxyl groups is 1. The minimum absolute atomic E-state index is 0.0569. The van der Waals surface area contributed by atoms with E-state index in [1.54, 1.807) is 6.07 Å². The molecule has 0 unspecified atom stereocenters. The Balaban J connectivity index is 1.58. The number of hydrogen-bond acceptors (Lipinski definition) is 7. The number of carbonyl (C=O) groups is 1. The zero-order chi connectivity index (χ0) is 19.2. The van der Waals surface area contributed by atoms with Gasteiger partial charge in [-0.15, -0.1) is 0 Å². The average Bonchev–Trinajstić information content (AvgIpc) is 2.71. The molecule has 0 amide bonds. The number of benzene rings is 2. The maximum Gasteiger partial charge on any atom is 0.253 e. The molecule has 3 rings (SSSR count). The Morgan fingerprint density at radius 3 is 2.44 bits per heavy atom. The first-order valence-corrected chi connectivity index (χ1v) is 8.35. The summed E-state index contributed by atoms with van der Waals surface area (Å²) in [5.41, 5.74) is 0.183. The Morgan fingerprint density at radius 2 is 1.70 bits per heavy atom. The van der Waals surface area contributed by atoms with Crippen LogP contribution in [-0.2, 0) is 11.3 Å². The van der Waals surface area contributed by atoms with Gasteiger partial charge in [0.15, 0.2) is 6.29 Å². The van der Waals surface area contributed by atoms with Crippen LogP contribution in [0.5, 0.6) is 5.75 Å². The SMILES string of the molecule is O=Cc1cccc(Nc2c(NCCOCc3ccccc3)c(=O)c2=O)c1O. The van der Waals surface area contributed by atoms with E-state index in [0.717, 1.165) is 5.56 Å². The van der Waals surface area contributed by atoms with Gasteiger partial charge in [-0.25, -0.2) is 0 Å². The van der Waals surface area contributed by atoms with E-state index in [9.17, 15) is 19.5 Å². The van der Waals surface area contributed by atoms with Crippen molar-refractivity contribution in [1.82, 2.24) is 0 Å². The van der Waals surface area contributed by atoms with Gasteiger partial charge in [-0.2, -0.15) is 0 Å². The van der Waals surface area contributed by atoms with Crippen molar-refractivity contribution in [2.75, 3.05) is 23.8 Å². The van der Waals surface area contributed by atoms with Crippen molar-refractivity contribution in [1.29, 1.82) is 0 Å². The first-order valence-electron chi connectivity index (χ1n) is 8.35. The molecule has 0 aliphatic rings. The Hall–Kier alpha value is -3.45. The molecule has 3 aromatic carbocycles. The predicted molar refractivity (Wildman–Crippen MR) is 103 cm³/mol. The fraction of sp³-hybridized carbons (Fsp3) is 0.150. The van der Waals surface area contributed by atoms with Gasteiger partial charge in [-0.1, -0.05) is 36.4 Å². The van der Waals surface area contributed by atoms with Crippen molar-refractivity contribution in [3.63, 3.8) is 0 Å². The number of carbonyl (C=O) groups excluding carboxylic acids is 1. The van der Waals surface area contributed by atoms with E-state index in [4.69, 9.17) is 4.74 Å². The maximum atomic E-state index is 11.8. The molecule has 0 radical (unpaired) electrons. The van der Waals surface area contributed by atoms with Crippen LogP contribution in [0.4, 0.5) is 17.1 Å². The fourth-order valence-electron chi connectivity index (χ4n) is 2.58. The number of rotatable bonds is 9. The standard InChI is InChI=1S/C20H18N2O5/c23-11-14-7-4-8-15(18(14)24)22-17-16(19(25)20(17)26)21-9-10-27-12-13-5-2-1-3-6-13/h1-8,11,21-22,24H,9-10,12H2. The highest BCUT2D eigenvalue weighted by Crippen LogP contribution is 2.30. The lowest BCUT2D eigenvalue weighted by molar-refractivity contribution is 0.112. The molecule has 0 aliphatic heterocycles. The van der Waals surface area contributed by atoms with Crippen LogP contribution < -0.4 is 21.5 Å². The highest BCUT2D eigenvalue weighted by molar-refractivity contribution is 5.87. The van der Waals surface area contributed by atoms with Crippen LogP contribution in [0.1, 0.15) is 15.9 Å². The zero-order valence-corrected chi connectivity index (χ0v) is 14.4. The number of phenols is 1. The molecule has 0 saturated carbocycles. The molecule has 0 aliphatic carbocycles. The first kappa shape index (κ1) is 18.3. The molecular formula is C20H18N2O5. The quantitative estimate of drug-likeness (QED) is 0.231. The van der Waals surface area contributed by atoms with Gasteiger partial charge in [0, 0.05) is 6.54 Å². The molecule has 7 heteroatoms. The number of aldehydes is 1. The van der Waals surface area contributed by atoms with Crippen LogP contribution in [-0.4, -0.2) is 24.5 Å². The Bertz CT molecular complexity index is 1010. The minimum Gasteiger partial charge on any atom is -0.505 e. The summed E-state index contributed by atoms with van der Waals surface area (Å²) in [7, 11) is 0. The van der Waals surface area contributed by atoms with E-state index >= 15 is 0 Å². The van der Waals surface area contributed by atoms with Gasteiger partial charge in [0.1, 0.15) is 17.1 Å². The number of para-hydroxylation sites is 1. The van der Waals surface area contributed by atoms with Gasteiger partial charge >= 0.3 is 0 Å². The Labute approximate surface area is 154 Å². The lowest BCUT2D eigenvalue weighted by Crippen LogP contribution is -2.37. The second-order valence-electron chi connectivity index (χ2n) is 5.86. The molecule has 3 N–H and O–H groups in total. The second kappa shape index (κ2) is 8.29. The molecule has 0 heterocycles. The van der Waals surface area contributed by atoms with E-state index in [-0.39, 0.29) is 28.4 Å². The average molecular weight is 366 g/mol. The summed E-state index contributed by atoms with van der Waals surface area (Å²) >= 11 is 0. The third kappa shape index (κ3) is 4.04. The van der Waals surface area contributed by atoms with Crippen molar-refractivity contribution in [3.05, 3.63) is 80.1 Å². The molecule has 7 nitrogen and oxygen atoms in total. The van der Waals surface area contributed by atoms with Crippen molar-refractivity contribution in [3.8, 4) is 5.75 Å². The van der Waals surface area contributed by atoms with Crippen LogP contribution in [0.3, 0.4) is 0 Å². The smallest absolute Gasteiger partial charge is 0.253 e. The molecule has 0 fully saturated rings. The molecule has 27 heavy (non-hydrogen) atoms. The molecule has 138 valence electrons. The monoisotopic (exact) mass is 366 g/mol. The predicted octanol–water partition coefficient (Wildman–Crippen LogP) is 2.17. The third-order valence-electron chi connectivity index (χ3n) is 4.02. The summed E-state index contributed by atoms with van der Waals surface area (Å²) in [6.45, 7) is 1.14. The first-order chi connectivity index (χ1) is 13.1. The van der Waals surface area contributed by atoms with Gasteiger partial charge < -0.3 is 20.5 Å². The summed E-state index contributed by atoms with van der Waals surface area (Å²) in [6, 6.07) is 14.2. The highest BCUT2D eigenvalue weighted by atomic mass is 16.5. The summed E-state index contributed by atoms with van der Waals surface area (Å²) in [4.78, 5) is 34.5. The van der Waals surface area contributed by atoms with E-state index in [0.29, 0.717) is 26.0 Å². The van der Waals surface area contributed by atoms with E-state index < -0.39 is 10.9 Å². The lowest BCUT2D eigenvalue weighted by atomic mass is 10.1. The number of phenolic OH excluding ortho intramolecular Hbond substituents is 1. The van der Waals surface area contributed by atoms with Crippen molar-refractivity contribution in [2.45, 2.75) is 6.61 Å². The second-order valence-corrected chi connectivity index (χ2v) is 5.86. The Morgan fingerprint density at radius 1 is 0.963 bits per heavy atom. The van der Waals surface area contributed by atoms with Gasteiger partial charge in [0.2, 0.25) is 0 Å². The van der Waals surface area contributed by atoms with Crippen LogP contribution in [0.15, 0.2) is 58.1 Å². The van der Waals surface area contributed by atoms with Gasteiger partial charge in [-0.3, -0.25) is 14.4 Å². The van der Waals surface area contributed by atoms with E-state index in [1.165, 1.54) is 12.1 Å². The van der Waals surface area contributed by atoms with Crippen LogP contribution in [0, 0.1) is 0 Å². The van der Waals surface area contributed by atoms with E-state index in [1.807, 2.05) is 30.3 Å². The number of hydrogen-bond donors (Lipinski definition) is 3. The number of ether oxygens (including phenoxy) is 1. The number of nitrogens with one attached hydrogen (secondary N) is 2.